The number of ketones is 1. The second-order valence-electron chi connectivity index (χ2n) is 3.26. The molecule has 1 atom stereocenters. The summed E-state index contributed by atoms with van der Waals surface area (Å²) in [6, 6.07) is 6.89. The molecule has 0 spiro atoms. The fourth-order valence-electron chi connectivity index (χ4n) is 1.25. The smallest absolute Gasteiger partial charge is 0.168 e. The Morgan fingerprint density at radius 3 is 2.57 bits per heavy atom. The SMILES string of the molecule is CC(CO)C(=O)c1ccccc1CO. The second-order valence-corrected chi connectivity index (χ2v) is 3.26. The number of aliphatic hydroxyl groups is 2. The van der Waals surface area contributed by atoms with Crippen molar-refractivity contribution in [2.45, 2.75) is 13.5 Å². The van der Waals surface area contributed by atoms with E-state index in [1.165, 1.54) is 0 Å². The number of rotatable bonds is 4. The molecule has 2 N–H and O–H groups in total. The summed E-state index contributed by atoms with van der Waals surface area (Å²) in [4.78, 5) is 11.7. The summed E-state index contributed by atoms with van der Waals surface area (Å²) in [6.07, 6.45) is 0. The molecule has 1 unspecified atom stereocenters. The first-order valence-electron chi connectivity index (χ1n) is 4.54. The maximum Gasteiger partial charge on any atom is 0.168 e. The van der Waals surface area contributed by atoms with E-state index in [-0.39, 0.29) is 19.0 Å². The summed E-state index contributed by atoms with van der Waals surface area (Å²) in [6.45, 7) is 1.34. The highest BCUT2D eigenvalue weighted by Crippen LogP contribution is 2.13. The minimum Gasteiger partial charge on any atom is -0.396 e. The number of hydrogen-bond donors (Lipinski definition) is 2. The molecule has 1 rings (SSSR count). The molecule has 0 aliphatic carbocycles. The zero-order chi connectivity index (χ0) is 10.6. The Morgan fingerprint density at radius 1 is 1.36 bits per heavy atom. The van der Waals surface area contributed by atoms with Crippen LogP contribution in [0, 0.1) is 5.92 Å². The van der Waals surface area contributed by atoms with E-state index >= 15 is 0 Å². The van der Waals surface area contributed by atoms with Gasteiger partial charge < -0.3 is 10.2 Å². The molecule has 0 saturated carbocycles. The van der Waals surface area contributed by atoms with Crippen molar-refractivity contribution >= 4 is 5.78 Å². The molecular formula is C11H14O3. The Balaban J connectivity index is 3.00. The van der Waals surface area contributed by atoms with E-state index in [2.05, 4.69) is 0 Å². The first-order chi connectivity index (χ1) is 6.70. The van der Waals surface area contributed by atoms with E-state index < -0.39 is 5.92 Å². The summed E-state index contributed by atoms with van der Waals surface area (Å²) >= 11 is 0. The third-order valence-corrected chi connectivity index (χ3v) is 2.17. The maximum absolute atomic E-state index is 11.7. The molecule has 1 aromatic rings. The monoisotopic (exact) mass is 194 g/mol. The second kappa shape index (κ2) is 4.88. The van der Waals surface area contributed by atoms with Gasteiger partial charge in [-0.1, -0.05) is 31.2 Å². The quantitative estimate of drug-likeness (QED) is 0.703. The van der Waals surface area contributed by atoms with Crippen LogP contribution in [0.1, 0.15) is 22.8 Å². The highest BCUT2D eigenvalue weighted by Gasteiger charge is 2.16. The van der Waals surface area contributed by atoms with Crippen LogP contribution in [0.3, 0.4) is 0 Å². The lowest BCUT2D eigenvalue weighted by Gasteiger charge is -2.09. The van der Waals surface area contributed by atoms with Crippen molar-refractivity contribution in [3.63, 3.8) is 0 Å². The first-order valence-corrected chi connectivity index (χ1v) is 4.54. The summed E-state index contributed by atoms with van der Waals surface area (Å²) < 4.78 is 0. The van der Waals surface area contributed by atoms with Crippen molar-refractivity contribution in [1.82, 2.24) is 0 Å². The average Bonchev–Trinajstić information content (AvgIpc) is 2.26. The van der Waals surface area contributed by atoms with E-state index in [9.17, 15) is 4.79 Å². The molecule has 3 nitrogen and oxygen atoms in total. The number of hydrogen-bond acceptors (Lipinski definition) is 3. The van der Waals surface area contributed by atoms with Gasteiger partial charge in [0, 0.05) is 11.5 Å². The lowest BCUT2D eigenvalue weighted by atomic mass is 9.96. The molecule has 0 heterocycles. The molecule has 0 amide bonds. The van der Waals surface area contributed by atoms with Crippen LogP contribution in [-0.2, 0) is 6.61 Å². The van der Waals surface area contributed by atoms with E-state index in [4.69, 9.17) is 10.2 Å². The van der Waals surface area contributed by atoms with Gasteiger partial charge in [0.25, 0.3) is 0 Å². The molecule has 0 bridgehead atoms. The topological polar surface area (TPSA) is 57.5 Å². The van der Waals surface area contributed by atoms with Crippen molar-refractivity contribution in [3.05, 3.63) is 35.4 Å². The van der Waals surface area contributed by atoms with Gasteiger partial charge in [-0.25, -0.2) is 0 Å². The van der Waals surface area contributed by atoms with Gasteiger partial charge in [-0.05, 0) is 5.56 Å². The van der Waals surface area contributed by atoms with Gasteiger partial charge in [0.2, 0.25) is 0 Å². The van der Waals surface area contributed by atoms with Crippen molar-refractivity contribution in [1.29, 1.82) is 0 Å². The molecule has 1 aromatic carbocycles. The minimum atomic E-state index is -0.414. The maximum atomic E-state index is 11.7. The van der Waals surface area contributed by atoms with Crippen molar-refractivity contribution in [3.8, 4) is 0 Å². The zero-order valence-corrected chi connectivity index (χ0v) is 8.10. The van der Waals surface area contributed by atoms with Crippen LogP contribution in [0.5, 0.6) is 0 Å². The standard InChI is InChI=1S/C11H14O3/c1-8(6-12)11(14)10-5-3-2-4-9(10)7-13/h2-5,8,12-13H,6-7H2,1H3. The highest BCUT2D eigenvalue weighted by atomic mass is 16.3. The fraction of sp³-hybridized carbons (Fsp3) is 0.364. The summed E-state index contributed by atoms with van der Waals surface area (Å²) in [5, 5.41) is 17.9. The number of aliphatic hydroxyl groups excluding tert-OH is 2. The Labute approximate surface area is 83.0 Å². The minimum absolute atomic E-state index is 0.128. The Bertz CT molecular complexity index is 320. The predicted octanol–water partition coefficient (Wildman–Crippen LogP) is 0.990. The number of Topliss-reactive ketones (excluding diaryl/α,β-unsaturated/α-hetero) is 1. The lowest BCUT2D eigenvalue weighted by Crippen LogP contribution is -2.16. The Morgan fingerprint density at radius 2 is 2.00 bits per heavy atom. The average molecular weight is 194 g/mol. The van der Waals surface area contributed by atoms with E-state index in [0.717, 1.165) is 0 Å². The highest BCUT2D eigenvalue weighted by molar-refractivity contribution is 5.99. The molecule has 14 heavy (non-hydrogen) atoms. The normalized spacial score (nSPS) is 12.5. The van der Waals surface area contributed by atoms with Gasteiger partial charge in [-0.2, -0.15) is 0 Å². The van der Waals surface area contributed by atoms with Gasteiger partial charge >= 0.3 is 0 Å². The van der Waals surface area contributed by atoms with Gasteiger partial charge in [-0.15, -0.1) is 0 Å². The van der Waals surface area contributed by atoms with E-state index in [1.54, 1.807) is 31.2 Å². The van der Waals surface area contributed by atoms with Gasteiger partial charge in [0.05, 0.1) is 13.2 Å². The number of carbonyl (C=O) groups is 1. The molecular weight excluding hydrogens is 180 g/mol. The van der Waals surface area contributed by atoms with Crippen LogP contribution in [0.2, 0.25) is 0 Å². The van der Waals surface area contributed by atoms with Crippen molar-refractivity contribution < 1.29 is 15.0 Å². The summed E-state index contributed by atoms with van der Waals surface area (Å²) in [5.41, 5.74) is 1.11. The molecule has 0 aromatic heterocycles. The number of carbonyl (C=O) groups excluding carboxylic acids is 1. The van der Waals surface area contributed by atoms with Crippen LogP contribution < -0.4 is 0 Å². The van der Waals surface area contributed by atoms with Gasteiger partial charge in [-0.3, -0.25) is 4.79 Å². The predicted molar refractivity (Wildman–Crippen MR) is 52.9 cm³/mol. The summed E-state index contributed by atoms with van der Waals surface area (Å²) in [5.74, 6) is -0.542. The Hall–Kier alpha value is -1.19. The van der Waals surface area contributed by atoms with Crippen LogP contribution >= 0.6 is 0 Å². The largest absolute Gasteiger partial charge is 0.396 e. The molecule has 0 fully saturated rings. The fourth-order valence-corrected chi connectivity index (χ4v) is 1.25. The molecule has 76 valence electrons. The van der Waals surface area contributed by atoms with Crippen LogP contribution in [0.25, 0.3) is 0 Å². The van der Waals surface area contributed by atoms with Gasteiger partial charge in [0.1, 0.15) is 0 Å². The number of benzene rings is 1. The van der Waals surface area contributed by atoms with Crippen molar-refractivity contribution in [2.75, 3.05) is 6.61 Å². The van der Waals surface area contributed by atoms with Crippen molar-refractivity contribution in [2.24, 2.45) is 5.92 Å². The Kier molecular flexibility index (Phi) is 3.80. The molecule has 0 aliphatic rings. The van der Waals surface area contributed by atoms with E-state index in [1.807, 2.05) is 0 Å². The van der Waals surface area contributed by atoms with Gasteiger partial charge in [0.15, 0.2) is 5.78 Å². The third kappa shape index (κ3) is 2.19. The molecule has 0 saturated heterocycles. The van der Waals surface area contributed by atoms with E-state index in [0.29, 0.717) is 11.1 Å². The molecule has 3 heteroatoms. The van der Waals surface area contributed by atoms with Crippen LogP contribution in [0.4, 0.5) is 0 Å². The van der Waals surface area contributed by atoms with Crippen LogP contribution in [-0.4, -0.2) is 22.6 Å². The lowest BCUT2D eigenvalue weighted by molar-refractivity contribution is 0.0874. The molecule has 0 radical (unpaired) electrons. The summed E-state index contributed by atoms with van der Waals surface area (Å²) in [7, 11) is 0. The first kappa shape index (κ1) is 10.9. The zero-order valence-electron chi connectivity index (χ0n) is 8.10. The third-order valence-electron chi connectivity index (χ3n) is 2.17. The molecule has 0 aliphatic heterocycles. The van der Waals surface area contributed by atoms with Crippen LogP contribution in [0.15, 0.2) is 24.3 Å².